The molecule has 2 amide bonds. The number of halogens is 3. The second-order valence-electron chi connectivity index (χ2n) is 7.55. The molecule has 2 aromatic carbocycles. The third-order valence-electron chi connectivity index (χ3n) is 5.26. The molecule has 1 fully saturated rings. The topological polar surface area (TPSA) is 71.1 Å². The highest BCUT2D eigenvalue weighted by Crippen LogP contribution is 2.39. The molecule has 32 heavy (non-hydrogen) atoms. The molecule has 1 unspecified atom stereocenters. The maximum absolute atomic E-state index is 13.6. The predicted molar refractivity (Wildman–Crippen MR) is 114 cm³/mol. The van der Waals surface area contributed by atoms with Crippen molar-refractivity contribution in [2.24, 2.45) is 5.92 Å². The molecule has 172 valence electrons. The summed E-state index contributed by atoms with van der Waals surface area (Å²) < 4.78 is 51.2. The molecular weight excluding hydrogens is 427 g/mol. The van der Waals surface area contributed by atoms with Crippen molar-refractivity contribution in [3.8, 4) is 11.5 Å². The third-order valence-corrected chi connectivity index (χ3v) is 5.26. The number of anilines is 3. The summed E-state index contributed by atoms with van der Waals surface area (Å²) in [6.07, 6.45) is -4.79. The average Bonchev–Trinajstić information content (AvgIpc) is 3.14. The van der Waals surface area contributed by atoms with Crippen molar-refractivity contribution in [3.63, 3.8) is 0 Å². The van der Waals surface area contributed by atoms with Gasteiger partial charge >= 0.3 is 6.18 Å². The van der Waals surface area contributed by atoms with Crippen LogP contribution in [-0.2, 0) is 15.8 Å². The number of hydrogen-bond donors (Lipinski definition) is 1. The molecule has 7 nitrogen and oxygen atoms in total. The highest BCUT2D eigenvalue weighted by molar-refractivity contribution is 6.04. The predicted octanol–water partition coefficient (Wildman–Crippen LogP) is 3.78. The minimum absolute atomic E-state index is 0.00528. The first-order valence-electron chi connectivity index (χ1n) is 9.77. The van der Waals surface area contributed by atoms with Crippen molar-refractivity contribution in [2.45, 2.75) is 12.6 Å². The Morgan fingerprint density at radius 2 is 1.84 bits per heavy atom. The number of carbonyl (C=O) groups is 2. The van der Waals surface area contributed by atoms with Gasteiger partial charge < -0.3 is 24.6 Å². The molecule has 2 aromatic rings. The van der Waals surface area contributed by atoms with E-state index in [9.17, 15) is 22.8 Å². The lowest BCUT2D eigenvalue weighted by atomic mass is 10.1. The number of amides is 2. The molecule has 1 heterocycles. The molecule has 0 aromatic heterocycles. The van der Waals surface area contributed by atoms with Crippen LogP contribution >= 0.6 is 0 Å². The summed E-state index contributed by atoms with van der Waals surface area (Å²) in [5.41, 5.74) is -0.521. The first kappa shape index (κ1) is 23.2. The van der Waals surface area contributed by atoms with Crippen molar-refractivity contribution in [1.29, 1.82) is 0 Å². The van der Waals surface area contributed by atoms with Gasteiger partial charge in [0.05, 0.1) is 37.1 Å². The van der Waals surface area contributed by atoms with Gasteiger partial charge in [-0.1, -0.05) is 0 Å². The molecule has 0 radical (unpaired) electrons. The van der Waals surface area contributed by atoms with Crippen molar-refractivity contribution in [1.82, 2.24) is 0 Å². The number of nitrogens with one attached hydrogen (secondary N) is 1. The highest BCUT2D eigenvalue weighted by atomic mass is 19.4. The molecule has 10 heteroatoms. The third kappa shape index (κ3) is 4.74. The zero-order chi connectivity index (χ0) is 23.6. The molecule has 0 saturated carbocycles. The van der Waals surface area contributed by atoms with E-state index in [1.807, 2.05) is 0 Å². The summed E-state index contributed by atoms with van der Waals surface area (Å²) in [7, 11) is 6.18. The molecule has 1 saturated heterocycles. The second-order valence-corrected chi connectivity index (χ2v) is 7.55. The Labute approximate surface area is 183 Å². The van der Waals surface area contributed by atoms with Crippen molar-refractivity contribution >= 4 is 28.9 Å². The van der Waals surface area contributed by atoms with Crippen LogP contribution in [0.5, 0.6) is 11.5 Å². The Balaban J connectivity index is 1.83. The van der Waals surface area contributed by atoms with Gasteiger partial charge in [0.15, 0.2) is 0 Å². The van der Waals surface area contributed by atoms with Gasteiger partial charge in [0.25, 0.3) is 0 Å². The van der Waals surface area contributed by atoms with Crippen molar-refractivity contribution in [2.75, 3.05) is 50.0 Å². The number of nitrogens with zero attached hydrogens (tertiary/aromatic N) is 2. The summed E-state index contributed by atoms with van der Waals surface area (Å²) in [5, 5.41) is 2.36. The molecule has 0 aliphatic carbocycles. The standard InChI is InChI=1S/C22H24F3N3O4/c1-27(2)14-5-7-17(16(10-14)22(23,24)25)26-21(30)13-9-20(29)28(12-13)18-11-15(31-3)6-8-19(18)32-4/h5-8,10-11,13H,9,12H2,1-4H3,(H,26,30). The van der Waals surface area contributed by atoms with Gasteiger partial charge in [0.2, 0.25) is 11.8 Å². The van der Waals surface area contributed by atoms with Crippen LogP contribution in [0.4, 0.5) is 30.2 Å². The van der Waals surface area contributed by atoms with Gasteiger partial charge in [-0.05, 0) is 30.3 Å². The number of rotatable bonds is 6. The lowest BCUT2D eigenvalue weighted by molar-refractivity contribution is -0.137. The van der Waals surface area contributed by atoms with E-state index >= 15 is 0 Å². The second kappa shape index (κ2) is 8.97. The maximum Gasteiger partial charge on any atom is 0.418 e. The van der Waals surface area contributed by atoms with Crippen molar-refractivity contribution < 1.29 is 32.2 Å². The first-order chi connectivity index (χ1) is 15.0. The van der Waals surface area contributed by atoms with E-state index in [-0.39, 0.29) is 24.6 Å². The van der Waals surface area contributed by atoms with E-state index in [1.54, 1.807) is 32.3 Å². The van der Waals surface area contributed by atoms with Crippen LogP contribution in [0.15, 0.2) is 36.4 Å². The highest BCUT2D eigenvalue weighted by Gasteiger charge is 2.39. The van der Waals surface area contributed by atoms with Crippen LogP contribution in [0.1, 0.15) is 12.0 Å². The van der Waals surface area contributed by atoms with E-state index in [4.69, 9.17) is 9.47 Å². The van der Waals surface area contributed by atoms with Gasteiger partial charge in [-0.25, -0.2) is 0 Å². The van der Waals surface area contributed by atoms with E-state index in [2.05, 4.69) is 5.32 Å². The summed E-state index contributed by atoms with van der Waals surface area (Å²) in [6, 6.07) is 8.59. The van der Waals surface area contributed by atoms with Gasteiger partial charge in [0, 0.05) is 38.8 Å². The Kier molecular flexibility index (Phi) is 6.52. The summed E-state index contributed by atoms with van der Waals surface area (Å²) in [4.78, 5) is 28.3. The SMILES string of the molecule is COc1ccc(OC)c(N2CC(C(=O)Nc3ccc(N(C)C)cc3C(F)(F)F)CC2=O)c1. The number of benzene rings is 2. The Morgan fingerprint density at radius 3 is 2.44 bits per heavy atom. The molecule has 3 rings (SSSR count). The normalized spacial score (nSPS) is 16.2. The summed E-state index contributed by atoms with van der Waals surface area (Å²) in [6.45, 7) is 0.00528. The number of methoxy groups -OCH3 is 2. The molecule has 1 aliphatic rings. The average molecular weight is 451 g/mol. The van der Waals surface area contributed by atoms with Crippen molar-refractivity contribution in [3.05, 3.63) is 42.0 Å². The minimum atomic E-state index is -4.65. The zero-order valence-electron chi connectivity index (χ0n) is 18.1. The molecule has 0 spiro atoms. The van der Waals surface area contributed by atoms with Gasteiger partial charge in [-0.2, -0.15) is 13.2 Å². The Hall–Kier alpha value is -3.43. The fourth-order valence-corrected chi connectivity index (χ4v) is 3.51. The fraction of sp³-hybridized carbons (Fsp3) is 0.364. The van der Waals surface area contributed by atoms with Crippen LogP contribution < -0.4 is 24.6 Å². The minimum Gasteiger partial charge on any atom is -0.497 e. The van der Waals surface area contributed by atoms with E-state index in [1.165, 1.54) is 36.2 Å². The number of alkyl halides is 3. The molecular formula is C22H24F3N3O4. The van der Waals surface area contributed by atoms with Crippen LogP contribution in [-0.4, -0.2) is 46.7 Å². The van der Waals surface area contributed by atoms with E-state index in [0.29, 0.717) is 22.9 Å². The van der Waals surface area contributed by atoms with Crippen LogP contribution in [0, 0.1) is 5.92 Å². The smallest absolute Gasteiger partial charge is 0.418 e. The molecule has 0 bridgehead atoms. The summed E-state index contributed by atoms with van der Waals surface area (Å²) in [5.74, 6) is -0.911. The Morgan fingerprint density at radius 1 is 1.12 bits per heavy atom. The lowest BCUT2D eigenvalue weighted by Gasteiger charge is -2.21. The molecule has 1 aliphatic heterocycles. The van der Waals surface area contributed by atoms with Gasteiger partial charge in [-0.3, -0.25) is 9.59 Å². The lowest BCUT2D eigenvalue weighted by Crippen LogP contribution is -2.29. The largest absolute Gasteiger partial charge is 0.497 e. The van der Waals surface area contributed by atoms with Gasteiger partial charge in [-0.15, -0.1) is 0 Å². The van der Waals surface area contributed by atoms with E-state index < -0.39 is 23.6 Å². The fourth-order valence-electron chi connectivity index (χ4n) is 3.51. The number of carbonyl (C=O) groups excluding carboxylic acids is 2. The quantitative estimate of drug-likeness (QED) is 0.724. The van der Waals surface area contributed by atoms with Crippen LogP contribution in [0.2, 0.25) is 0 Å². The Bertz CT molecular complexity index is 1020. The maximum atomic E-state index is 13.6. The molecule has 1 N–H and O–H groups in total. The summed E-state index contributed by atoms with van der Waals surface area (Å²) >= 11 is 0. The molecule has 1 atom stereocenters. The monoisotopic (exact) mass is 451 g/mol. The van der Waals surface area contributed by atoms with Gasteiger partial charge in [0.1, 0.15) is 11.5 Å². The first-order valence-corrected chi connectivity index (χ1v) is 9.77. The number of ether oxygens (including phenoxy) is 2. The number of hydrogen-bond acceptors (Lipinski definition) is 5. The van der Waals surface area contributed by atoms with Crippen LogP contribution in [0.25, 0.3) is 0 Å². The van der Waals surface area contributed by atoms with E-state index in [0.717, 1.165) is 6.07 Å². The van der Waals surface area contributed by atoms with Crippen LogP contribution in [0.3, 0.4) is 0 Å². The zero-order valence-corrected chi connectivity index (χ0v) is 18.1.